The smallest absolute Gasteiger partial charge is 0.198 e. The van der Waals surface area contributed by atoms with Gasteiger partial charge in [-0.1, -0.05) is 13.8 Å². The van der Waals surface area contributed by atoms with Gasteiger partial charge in [0.1, 0.15) is 0 Å². The zero-order valence-corrected chi connectivity index (χ0v) is 7.11. The zero-order chi connectivity index (χ0) is 8.55. The van der Waals surface area contributed by atoms with Gasteiger partial charge in [-0.25, -0.2) is 4.98 Å². The average Bonchev–Trinajstić information content (AvgIpc) is 2.49. The Morgan fingerprint density at radius 1 is 1.33 bits per heavy atom. The standard InChI is InChI=1S/C9H10N2O/c1-6(2)7-3-8-9(10-4-7)11-5-12-8/h3-6H,1-2H3. The van der Waals surface area contributed by atoms with Crippen LogP contribution in [0.1, 0.15) is 25.3 Å². The minimum atomic E-state index is 0.479. The number of rotatable bonds is 1. The van der Waals surface area contributed by atoms with Gasteiger partial charge in [-0.15, -0.1) is 0 Å². The monoisotopic (exact) mass is 162 g/mol. The largest absolute Gasteiger partial charge is 0.442 e. The molecule has 0 spiro atoms. The molecule has 0 atom stereocenters. The van der Waals surface area contributed by atoms with E-state index in [1.807, 2.05) is 12.3 Å². The molecule has 62 valence electrons. The first kappa shape index (κ1) is 7.28. The van der Waals surface area contributed by atoms with Crippen LogP contribution < -0.4 is 0 Å². The lowest BCUT2D eigenvalue weighted by Crippen LogP contribution is -1.88. The minimum Gasteiger partial charge on any atom is -0.442 e. The molecule has 0 saturated carbocycles. The molecule has 0 radical (unpaired) electrons. The predicted molar refractivity (Wildman–Crippen MR) is 45.9 cm³/mol. The van der Waals surface area contributed by atoms with E-state index in [9.17, 15) is 0 Å². The maximum Gasteiger partial charge on any atom is 0.198 e. The summed E-state index contributed by atoms with van der Waals surface area (Å²) in [5.74, 6) is 0.479. The van der Waals surface area contributed by atoms with Gasteiger partial charge < -0.3 is 4.42 Å². The Morgan fingerprint density at radius 3 is 2.92 bits per heavy atom. The van der Waals surface area contributed by atoms with Crippen molar-refractivity contribution in [3.05, 3.63) is 24.2 Å². The maximum absolute atomic E-state index is 5.14. The van der Waals surface area contributed by atoms with Crippen molar-refractivity contribution in [3.8, 4) is 0 Å². The lowest BCUT2D eigenvalue weighted by Gasteiger charge is -2.01. The Labute approximate surface area is 70.4 Å². The van der Waals surface area contributed by atoms with E-state index in [1.165, 1.54) is 12.0 Å². The fraction of sp³-hybridized carbons (Fsp3) is 0.333. The van der Waals surface area contributed by atoms with Crippen LogP contribution in [0.25, 0.3) is 11.2 Å². The van der Waals surface area contributed by atoms with Gasteiger partial charge in [0, 0.05) is 6.20 Å². The molecule has 2 aromatic heterocycles. The van der Waals surface area contributed by atoms with E-state index in [1.54, 1.807) is 0 Å². The Balaban J connectivity index is 2.60. The summed E-state index contributed by atoms with van der Waals surface area (Å²) in [5, 5.41) is 0. The highest BCUT2D eigenvalue weighted by molar-refractivity contribution is 5.67. The van der Waals surface area contributed by atoms with E-state index >= 15 is 0 Å². The zero-order valence-electron chi connectivity index (χ0n) is 7.11. The Morgan fingerprint density at radius 2 is 2.17 bits per heavy atom. The van der Waals surface area contributed by atoms with E-state index < -0.39 is 0 Å². The average molecular weight is 162 g/mol. The third-order valence-electron chi connectivity index (χ3n) is 1.88. The van der Waals surface area contributed by atoms with Gasteiger partial charge in [0.25, 0.3) is 0 Å². The molecule has 0 amide bonds. The van der Waals surface area contributed by atoms with Crippen molar-refractivity contribution in [3.63, 3.8) is 0 Å². The molecule has 0 bridgehead atoms. The van der Waals surface area contributed by atoms with Crippen molar-refractivity contribution in [1.29, 1.82) is 0 Å². The van der Waals surface area contributed by atoms with E-state index in [0.717, 1.165) is 5.58 Å². The summed E-state index contributed by atoms with van der Waals surface area (Å²) in [4.78, 5) is 8.10. The van der Waals surface area contributed by atoms with Crippen molar-refractivity contribution in [2.24, 2.45) is 0 Å². The Hall–Kier alpha value is -1.38. The number of hydrogen-bond acceptors (Lipinski definition) is 3. The second kappa shape index (κ2) is 2.59. The SMILES string of the molecule is CC(C)c1cnc2ncoc2c1. The third-order valence-corrected chi connectivity index (χ3v) is 1.88. The number of fused-ring (bicyclic) bond motifs is 1. The molecular formula is C9H10N2O. The summed E-state index contributed by atoms with van der Waals surface area (Å²) in [6, 6.07) is 1.99. The van der Waals surface area contributed by atoms with Crippen LogP contribution in [-0.4, -0.2) is 9.97 Å². The molecule has 12 heavy (non-hydrogen) atoms. The second-order valence-corrected chi connectivity index (χ2v) is 3.10. The van der Waals surface area contributed by atoms with Crippen molar-refractivity contribution < 1.29 is 4.42 Å². The van der Waals surface area contributed by atoms with E-state index in [2.05, 4.69) is 23.8 Å². The highest BCUT2D eigenvalue weighted by atomic mass is 16.3. The van der Waals surface area contributed by atoms with Gasteiger partial charge in [0.15, 0.2) is 17.6 Å². The van der Waals surface area contributed by atoms with Crippen LogP contribution in [-0.2, 0) is 0 Å². The molecule has 3 heteroatoms. The molecule has 0 aromatic carbocycles. The molecular weight excluding hydrogens is 152 g/mol. The van der Waals surface area contributed by atoms with Crippen molar-refractivity contribution >= 4 is 11.2 Å². The molecule has 3 nitrogen and oxygen atoms in total. The number of hydrogen-bond donors (Lipinski definition) is 0. The number of oxazole rings is 1. The lowest BCUT2D eigenvalue weighted by atomic mass is 10.1. The first-order valence-electron chi connectivity index (χ1n) is 3.96. The van der Waals surface area contributed by atoms with E-state index in [4.69, 9.17) is 4.42 Å². The Kier molecular flexibility index (Phi) is 1.57. The van der Waals surface area contributed by atoms with E-state index in [0.29, 0.717) is 11.6 Å². The number of nitrogens with zero attached hydrogens (tertiary/aromatic N) is 2. The fourth-order valence-corrected chi connectivity index (χ4v) is 1.08. The topological polar surface area (TPSA) is 38.9 Å². The van der Waals surface area contributed by atoms with Crippen LogP contribution in [0, 0.1) is 0 Å². The van der Waals surface area contributed by atoms with Gasteiger partial charge in [-0.2, -0.15) is 4.98 Å². The van der Waals surface area contributed by atoms with Gasteiger partial charge in [0.05, 0.1) is 0 Å². The molecule has 2 rings (SSSR count). The van der Waals surface area contributed by atoms with Gasteiger partial charge in [0.2, 0.25) is 0 Å². The van der Waals surface area contributed by atoms with E-state index in [-0.39, 0.29) is 0 Å². The van der Waals surface area contributed by atoms with Gasteiger partial charge in [-0.3, -0.25) is 0 Å². The van der Waals surface area contributed by atoms with Gasteiger partial charge >= 0.3 is 0 Å². The van der Waals surface area contributed by atoms with Crippen molar-refractivity contribution in [2.75, 3.05) is 0 Å². The quantitative estimate of drug-likeness (QED) is 0.646. The van der Waals surface area contributed by atoms with Crippen LogP contribution in [0.4, 0.5) is 0 Å². The molecule has 0 aliphatic rings. The van der Waals surface area contributed by atoms with Crippen LogP contribution in [0.2, 0.25) is 0 Å². The molecule has 0 unspecified atom stereocenters. The van der Waals surface area contributed by atoms with Crippen LogP contribution in [0.3, 0.4) is 0 Å². The summed E-state index contributed by atoms with van der Waals surface area (Å²) < 4.78 is 5.14. The summed E-state index contributed by atoms with van der Waals surface area (Å²) in [6.07, 6.45) is 3.26. The summed E-state index contributed by atoms with van der Waals surface area (Å²) in [7, 11) is 0. The first-order valence-corrected chi connectivity index (χ1v) is 3.96. The van der Waals surface area contributed by atoms with Crippen LogP contribution in [0.15, 0.2) is 23.1 Å². The molecule has 0 saturated heterocycles. The third kappa shape index (κ3) is 1.07. The fourth-order valence-electron chi connectivity index (χ4n) is 1.08. The summed E-state index contributed by atoms with van der Waals surface area (Å²) >= 11 is 0. The van der Waals surface area contributed by atoms with Crippen LogP contribution in [0.5, 0.6) is 0 Å². The number of pyridine rings is 1. The molecule has 0 N–H and O–H groups in total. The minimum absolute atomic E-state index is 0.479. The molecule has 0 aliphatic heterocycles. The predicted octanol–water partition coefficient (Wildman–Crippen LogP) is 2.35. The molecule has 0 aliphatic carbocycles. The lowest BCUT2D eigenvalue weighted by molar-refractivity contribution is 0.601. The maximum atomic E-state index is 5.14. The Bertz CT molecular complexity index is 392. The normalized spacial score (nSPS) is 11.2. The highest BCUT2D eigenvalue weighted by Gasteiger charge is 2.03. The highest BCUT2D eigenvalue weighted by Crippen LogP contribution is 2.17. The molecule has 2 heterocycles. The second-order valence-electron chi connectivity index (χ2n) is 3.10. The molecule has 0 fully saturated rings. The van der Waals surface area contributed by atoms with Crippen molar-refractivity contribution in [2.45, 2.75) is 19.8 Å². The summed E-state index contributed by atoms with van der Waals surface area (Å²) in [5.41, 5.74) is 2.62. The molecule has 2 aromatic rings. The summed E-state index contributed by atoms with van der Waals surface area (Å²) in [6.45, 7) is 4.25. The van der Waals surface area contributed by atoms with Gasteiger partial charge in [-0.05, 0) is 17.5 Å². The van der Waals surface area contributed by atoms with Crippen LogP contribution >= 0.6 is 0 Å². The number of aromatic nitrogens is 2. The first-order chi connectivity index (χ1) is 5.77. The van der Waals surface area contributed by atoms with Crippen molar-refractivity contribution in [1.82, 2.24) is 9.97 Å².